The molecule has 8 heteroatoms. The Balaban J connectivity index is 1.59. The third kappa shape index (κ3) is 4.82. The maximum atomic E-state index is 13.6. The Hall–Kier alpha value is -4.46. The number of aryl methyl sites for hydroxylation is 1. The molecule has 0 radical (unpaired) electrons. The van der Waals surface area contributed by atoms with Gasteiger partial charge in [0.2, 0.25) is 5.82 Å². The lowest BCUT2D eigenvalue weighted by atomic mass is 9.93. The molecule has 1 atom stereocenters. The lowest BCUT2D eigenvalue weighted by Crippen LogP contribution is -2.46. The van der Waals surface area contributed by atoms with Crippen LogP contribution in [0.15, 0.2) is 83.0 Å². The fourth-order valence-corrected chi connectivity index (χ4v) is 4.43. The van der Waals surface area contributed by atoms with Crippen molar-refractivity contribution in [3.05, 3.63) is 101 Å². The zero-order valence-corrected chi connectivity index (χ0v) is 20.9. The van der Waals surface area contributed by atoms with E-state index in [4.69, 9.17) is 14.2 Å². The van der Waals surface area contributed by atoms with E-state index in [-0.39, 0.29) is 17.7 Å². The second-order valence-corrected chi connectivity index (χ2v) is 8.67. The van der Waals surface area contributed by atoms with Gasteiger partial charge in [-0.2, -0.15) is 4.98 Å². The van der Waals surface area contributed by atoms with Gasteiger partial charge in [-0.25, -0.2) is 9.18 Å². The highest BCUT2D eigenvalue weighted by Gasteiger charge is 2.36. The molecular weight excluding hydrogens is 471 g/mol. The van der Waals surface area contributed by atoms with Crippen molar-refractivity contribution in [2.45, 2.75) is 33.2 Å². The Bertz CT molecular complexity index is 1430. The summed E-state index contributed by atoms with van der Waals surface area (Å²) in [5.74, 6) is 1.09. The number of hydrogen-bond acceptors (Lipinski definition) is 5. The van der Waals surface area contributed by atoms with E-state index in [0.29, 0.717) is 29.4 Å². The minimum absolute atomic E-state index is 0.290. The first-order valence-corrected chi connectivity index (χ1v) is 12.2. The predicted octanol–water partition coefficient (Wildman–Crippen LogP) is 6.54. The molecule has 1 aliphatic heterocycles. The van der Waals surface area contributed by atoms with Gasteiger partial charge < -0.3 is 14.6 Å². The first kappa shape index (κ1) is 24.2. The molecule has 0 aliphatic carbocycles. The molecule has 5 rings (SSSR count). The Morgan fingerprint density at radius 1 is 1.00 bits per heavy atom. The van der Waals surface area contributed by atoms with E-state index in [1.807, 2.05) is 62.4 Å². The molecule has 188 valence electrons. The van der Waals surface area contributed by atoms with Crippen LogP contribution < -0.4 is 15.0 Å². The number of anilines is 1. The highest BCUT2D eigenvalue weighted by molar-refractivity contribution is 6.01. The first-order valence-electron chi connectivity index (χ1n) is 12.2. The number of carbonyl (C=O) groups is 1. The quantitative estimate of drug-likeness (QED) is 0.313. The Morgan fingerprint density at radius 2 is 1.70 bits per heavy atom. The van der Waals surface area contributed by atoms with Gasteiger partial charge in [-0.15, -0.1) is 0 Å². The van der Waals surface area contributed by atoms with Crippen LogP contribution in [0.5, 0.6) is 5.75 Å². The van der Waals surface area contributed by atoms with E-state index >= 15 is 0 Å². The van der Waals surface area contributed by atoms with Crippen molar-refractivity contribution < 1.29 is 18.4 Å². The molecule has 0 fully saturated rings. The Morgan fingerprint density at radius 3 is 2.35 bits per heavy atom. The lowest BCUT2D eigenvalue weighted by molar-refractivity contribution is 0.244. The number of rotatable bonds is 7. The number of nitrogens with zero attached hydrogens (tertiary/aromatic N) is 3. The molecule has 1 aliphatic rings. The summed E-state index contributed by atoms with van der Waals surface area (Å²) in [4.78, 5) is 19.5. The zero-order chi connectivity index (χ0) is 25.9. The minimum Gasteiger partial charge on any atom is -0.494 e. The minimum atomic E-state index is -0.510. The molecule has 0 spiro atoms. The molecule has 7 nitrogen and oxygen atoms in total. The number of halogens is 1. The number of allylic oxidation sites excluding steroid dienone is 1. The summed E-state index contributed by atoms with van der Waals surface area (Å²) >= 11 is 0. The first-order chi connectivity index (χ1) is 18.0. The molecule has 4 aromatic rings. The van der Waals surface area contributed by atoms with Gasteiger partial charge in [0.25, 0.3) is 5.89 Å². The number of carbonyl (C=O) groups excluding carboxylic acids is 1. The molecule has 1 N–H and O–H groups in total. The summed E-state index contributed by atoms with van der Waals surface area (Å²) in [7, 11) is 0. The topological polar surface area (TPSA) is 80.5 Å². The van der Waals surface area contributed by atoms with Gasteiger partial charge in [-0.1, -0.05) is 36.3 Å². The third-order valence-corrected chi connectivity index (χ3v) is 6.37. The summed E-state index contributed by atoms with van der Waals surface area (Å²) in [5, 5.41) is 7.29. The smallest absolute Gasteiger partial charge is 0.326 e. The molecule has 37 heavy (non-hydrogen) atoms. The maximum absolute atomic E-state index is 13.6. The van der Waals surface area contributed by atoms with E-state index in [1.54, 1.807) is 12.1 Å². The summed E-state index contributed by atoms with van der Waals surface area (Å²) in [5.41, 5.74) is 4.66. The van der Waals surface area contributed by atoms with E-state index < -0.39 is 6.04 Å². The molecule has 1 unspecified atom stereocenters. The second kappa shape index (κ2) is 10.3. The van der Waals surface area contributed by atoms with Crippen molar-refractivity contribution in [1.82, 2.24) is 15.5 Å². The van der Waals surface area contributed by atoms with Gasteiger partial charge in [0, 0.05) is 11.3 Å². The molecule has 1 aromatic heterocycles. The number of nitrogens with one attached hydrogen (secondary N) is 1. The van der Waals surface area contributed by atoms with Gasteiger partial charge in [0.15, 0.2) is 0 Å². The maximum Gasteiger partial charge on any atom is 0.326 e. The number of amides is 2. The number of hydrogen-bond donors (Lipinski definition) is 1. The number of urea groups is 1. The lowest BCUT2D eigenvalue weighted by Gasteiger charge is -2.35. The predicted molar refractivity (Wildman–Crippen MR) is 139 cm³/mol. The Kier molecular flexibility index (Phi) is 6.72. The van der Waals surface area contributed by atoms with Crippen molar-refractivity contribution in [1.29, 1.82) is 0 Å². The van der Waals surface area contributed by atoms with E-state index in [0.717, 1.165) is 23.3 Å². The van der Waals surface area contributed by atoms with Crippen LogP contribution in [0.1, 0.15) is 43.8 Å². The van der Waals surface area contributed by atoms with Gasteiger partial charge in [-0.05, 0) is 79.9 Å². The van der Waals surface area contributed by atoms with Crippen molar-refractivity contribution >= 4 is 17.3 Å². The van der Waals surface area contributed by atoms with E-state index in [9.17, 15) is 9.18 Å². The van der Waals surface area contributed by atoms with Crippen molar-refractivity contribution in [3.8, 4) is 17.1 Å². The van der Waals surface area contributed by atoms with Crippen LogP contribution >= 0.6 is 0 Å². The average Bonchev–Trinajstić information content (AvgIpc) is 3.40. The summed E-state index contributed by atoms with van der Waals surface area (Å²) in [6.07, 6.45) is 0.909. The number of ether oxygens (including phenoxy) is 1. The molecule has 2 heterocycles. The van der Waals surface area contributed by atoms with Crippen molar-refractivity contribution in [3.63, 3.8) is 0 Å². The molecular formula is C29H27FN4O3. The van der Waals surface area contributed by atoms with E-state index in [2.05, 4.69) is 17.4 Å². The standard InChI is InChI=1S/C29H27FN4O3/c1-4-19-6-8-20(9-7-19)26-25(18(3)34(29(35)31-26)23-14-12-22(30)13-15-23)28-32-27(33-37-28)21-10-16-24(17-11-21)36-5-2/h6-17,26H,4-5H2,1-3H3,(H,31,35). The van der Waals surface area contributed by atoms with Gasteiger partial charge in [0.05, 0.1) is 23.9 Å². The normalized spacial score (nSPS) is 15.6. The monoisotopic (exact) mass is 498 g/mol. The molecule has 0 saturated heterocycles. The van der Waals surface area contributed by atoms with Crippen LogP contribution in [0, 0.1) is 5.82 Å². The highest BCUT2D eigenvalue weighted by atomic mass is 19.1. The van der Waals surface area contributed by atoms with Crippen LogP contribution in [0.25, 0.3) is 17.0 Å². The van der Waals surface area contributed by atoms with Gasteiger partial charge in [-0.3, -0.25) is 4.90 Å². The van der Waals surface area contributed by atoms with Crippen LogP contribution in [0.3, 0.4) is 0 Å². The second-order valence-electron chi connectivity index (χ2n) is 8.67. The summed E-state index contributed by atoms with van der Waals surface area (Å²) in [6, 6.07) is 20.4. The number of benzene rings is 3. The van der Waals surface area contributed by atoms with Crippen LogP contribution in [-0.2, 0) is 6.42 Å². The van der Waals surface area contributed by atoms with Gasteiger partial charge >= 0.3 is 6.03 Å². The van der Waals surface area contributed by atoms with Gasteiger partial charge in [0.1, 0.15) is 11.6 Å². The zero-order valence-electron chi connectivity index (χ0n) is 20.9. The van der Waals surface area contributed by atoms with E-state index in [1.165, 1.54) is 22.6 Å². The average molecular weight is 499 g/mol. The largest absolute Gasteiger partial charge is 0.494 e. The Labute approximate surface area is 214 Å². The molecule has 0 saturated carbocycles. The molecule has 0 bridgehead atoms. The van der Waals surface area contributed by atoms with Crippen LogP contribution in [0.2, 0.25) is 0 Å². The fraction of sp³-hybridized carbons (Fsp3) is 0.207. The van der Waals surface area contributed by atoms with Crippen LogP contribution in [0.4, 0.5) is 14.9 Å². The highest BCUT2D eigenvalue weighted by Crippen LogP contribution is 2.39. The number of aromatic nitrogens is 2. The SMILES string of the molecule is CCOc1ccc(-c2noc(C3=C(C)N(c4ccc(F)cc4)C(=O)NC3c3ccc(CC)cc3)n2)cc1. The fourth-order valence-electron chi connectivity index (χ4n) is 4.43. The van der Waals surface area contributed by atoms with Crippen LogP contribution in [-0.4, -0.2) is 22.8 Å². The van der Waals surface area contributed by atoms with Crippen molar-refractivity contribution in [2.24, 2.45) is 0 Å². The third-order valence-electron chi connectivity index (χ3n) is 6.37. The molecule has 2 amide bonds. The molecule has 3 aromatic carbocycles. The van der Waals surface area contributed by atoms with Crippen molar-refractivity contribution in [2.75, 3.05) is 11.5 Å². The summed E-state index contributed by atoms with van der Waals surface area (Å²) < 4.78 is 24.9. The summed E-state index contributed by atoms with van der Waals surface area (Å²) in [6.45, 7) is 6.43.